The molecule has 0 spiro atoms. The number of aryl methyl sites for hydroxylation is 1. The Labute approximate surface area is 118 Å². The van der Waals surface area contributed by atoms with Crippen LogP contribution < -0.4 is 4.90 Å². The van der Waals surface area contributed by atoms with Gasteiger partial charge in [-0.2, -0.15) is 10.4 Å². The van der Waals surface area contributed by atoms with Gasteiger partial charge in [0.25, 0.3) is 0 Å². The van der Waals surface area contributed by atoms with Crippen LogP contribution in [0.4, 0.5) is 5.82 Å². The van der Waals surface area contributed by atoms with E-state index in [1.807, 2.05) is 13.8 Å². The number of carbonyl (C=O) groups is 1. The summed E-state index contributed by atoms with van der Waals surface area (Å²) in [7, 11) is 0. The van der Waals surface area contributed by atoms with Crippen molar-refractivity contribution in [1.29, 1.82) is 5.26 Å². The van der Waals surface area contributed by atoms with Crippen LogP contribution in [0.5, 0.6) is 0 Å². The number of terminal acetylenes is 1. The second-order valence-electron chi connectivity index (χ2n) is 4.10. The molecule has 0 aromatic carbocycles. The molecule has 1 heterocycles. The highest BCUT2D eigenvalue weighted by atomic mass is 16.4. The van der Waals surface area contributed by atoms with Gasteiger partial charge in [-0.15, -0.1) is 11.5 Å². The smallest absolute Gasteiger partial charge is 0.323 e. The first kappa shape index (κ1) is 15.5. The lowest BCUT2D eigenvalue weighted by Crippen LogP contribution is -2.32. The summed E-state index contributed by atoms with van der Waals surface area (Å²) in [4.78, 5) is 12.3. The molecule has 1 N–H and O–H groups in total. The number of hydrogen-bond donors (Lipinski definition) is 1. The molecule has 0 fully saturated rings. The zero-order valence-corrected chi connectivity index (χ0v) is 11.6. The predicted octanol–water partition coefficient (Wildman–Crippen LogP) is 0.997. The molecule has 0 bridgehead atoms. The molecule has 104 valence electrons. The molecule has 0 aliphatic heterocycles. The Balaban J connectivity index is 3.39. The average molecular weight is 272 g/mol. The zero-order chi connectivity index (χ0) is 15.1. The minimum absolute atomic E-state index is 0.0598. The lowest BCUT2D eigenvalue weighted by atomic mass is 10.0. The summed E-state index contributed by atoms with van der Waals surface area (Å²) in [5.41, 5.74) is 1.91. The Kier molecular flexibility index (Phi) is 5.49. The molecule has 0 saturated carbocycles. The van der Waals surface area contributed by atoms with E-state index in [0.717, 1.165) is 11.3 Å². The number of rotatable bonds is 6. The topological polar surface area (TPSA) is 90.1 Å². The first-order valence-corrected chi connectivity index (χ1v) is 6.27. The van der Waals surface area contributed by atoms with Crippen LogP contribution >= 0.6 is 0 Å². The summed E-state index contributed by atoms with van der Waals surface area (Å²) < 4.78 is 0. The summed E-state index contributed by atoms with van der Waals surface area (Å²) in [6, 6.07) is 2.10. The van der Waals surface area contributed by atoms with Crippen molar-refractivity contribution in [3.63, 3.8) is 0 Å². The van der Waals surface area contributed by atoms with Crippen molar-refractivity contribution in [1.82, 2.24) is 10.2 Å². The Morgan fingerprint density at radius 3 is 2.55 bits per heavy atom. The minimum atomic E-state index is -1.04. The largest absolute Gasteiger partial charge is 0.480 e. The molecule has 1 rings (SSSR count). The van der Waals surface area contributed by atoms with Crippen molar-refractivity contribution in [3.05, 3.63) is 16.8 Å². The molecule has 0 aliphatic carbocycles. The zero-order valence-electron chi connectivity index (χ0n) is 11.6. The van der Waals surface area contributed by atoms with Gasteiger partial charge in [0.1, 0.15) is 18.2 Å². The molecule has 6 heteroatoms. The maximum atomic E-state index is 10.9. The number of carboxylic acid groups (broad SMARTS) is 1. The standard InChI is InChI=1S/C14H16N4O2/c1-4-7-18(9-13(19)20)14-11(8-15)10(5-2)12(6-3)16-17-14/h1H,5-7,9H2,2-3H3,(H,19,20). The third-order valence-corrected chi connectivity index (χ3v) is 2.85. The molecule has 1 aromatic rings. The molecule has 0 radical (unpaired) electrons. The minimum Gasteiger partial charge on any atom is -0.480 e. The van der Waals surface area contributed by atoms with Crippen molar-refractivity contribution in [2.24, 2.45) is 0 Å². The van der Waals surface area contributed by atoms with E-state index in [0.29, 0.717) is 18.4 Å². The number of anilines is 1. The number of hydrogen-bond acceptors (Lipinski definition) is 5. The molecule has 1 aromatic heterocycles. The van der Waals surface area contributed by atoms with E-state index in [4.69, 9.17) is 11.5 Å². The van der Waals surface area contributed by atoms with E-state index in [1.54, 1.807) is 0 Å². The fraction of sp³-hybridized carbons (Fsp3) is 0.429. The second kappa shape index (κ2) is 7.10. The SMILES string of the molecule is C#CCN(CC(=O)O)c1nnc(CC)c(CC)c1C#N. The van der Waals surface area contributed by atoms with E-state index in [1.165, 1.54) is 4.90 Å². The Morgan fingerprint density at radius 2 is 2.10 bits per heavy atom. The van der Waals surface area contributed by atoms with Crippen molar-refractivity contribution in [2.45, 2.75) is 26.7 Å². The summed E-state index contributed by atoms with van der Waals surface area (Å²) in [5, 5.41) is 26.4. The summed E-state index contributed by atoms with van der Waals surface area (Å²) in [6.07, 6.45) is 6.54. The quantitative estimate of drug-likeness (QED) is 0.777. The molecule has 20 heavy (non-hydrogen) atoms. The van der Waals surface area contributed by atoms with Gasteiger partial charge in [-0.3, -0.25) is 4.79 Å². The van der Waals surface area contributed by atoms with Crippen molar-refractivity contribution >= 4 is 11.8 Å². The Hall–Kier alpha value is -2.60. The number of nitriles is 1. The number of nitrogens with zero attached hydrogens (tertiary/aromatic N) is 4. The monoisotopic (exact) mass is 272 g/mol. The molecule has 0 atom stereocenters. The van der Waals surface area contributed by atoms with Crippen LogP contribution in [0.25, 0.3) is 0 Å². The van der Waals surface area contributed by atoms with E-state index < -0.39 is 5.97 Å². The van der Waals surface area contributed by atoms with Crippen molar-refractivity contribution < 1.29 is 9.90 Å². The highest BCUT2D eigenvalue weighted by molar-refractivity contribution is 5.74. The summed E-state index contributed by atoms with van der Waals surface area (Å²) in [5.74, 6) is 1.57. The van der Waals surface area contributed by atoms with Crippen LogP contribution in [0.3, 0.4) is 0 Å². The van der Waals surface area contributed by atoms with Crippen molar-refractivity contribution in [3.8, 4) is 18.4 Å². The van der Waals surface area contributed by atoms with Crippen LogP contribution in [0, 0.1) is 23.7 Å². The van der Waals surface area contributed by atoms with Crippen LogP contribution in [0.15, 0.2) is 0 Å². The van der Waals surface area contributed by atoms with Crippen molar-refractivity contribution in [2.75, 3.05) is 18.0 Å². The fourth-order valence-electron chi connectivity index (χ4n) is 1.98. The molecule has 0 aliphatic rings. The lowest BCUT2D eigenvalue weighted by molar-refractivity contribution is -0.135. The maximum absolute atomic E-state index is 10.9. The summed E-state index contributed by atoms with van der Waals surface area (Å²) in [6.45, 7) is 3.59. The Bertz CT molecular complexity index is 584. The molecular formula is C14H16N4O2. The number of aliphatic carboxylic acids is 1. The van der Waals surface area contributed by atoms with Gasteiger partial charge in [0.15, 0.2) is 5.82 Å². The highest BCUT2D eigenvalue weighted by Crippen LogP contribution is 2.22. The summed E-state index contributed by atoms with van der Waals surface area (Å²) >= 11 is 0. The van der Waals surface area contributed by atoms with Gasteiger partial charge < -0.3 is 10.0 Å². The highest BCUT2D eigenvalue weighted by Gasteiger charge is 2.20. The van der Waals surface area contributed by atoms with Gasteiger partial charge in [0.2, 0.25) is 0 Å². The first-order valence-electron chi connectivity index (χ1n) is 6.27. The second-order valence-corrected chi connectivity index (χ2v) is 4.10. The van der Waals surface area contributed by atoms with Gasteiger partial charge >= 0.3 is 5.97 Å². The number of aromatic nitrogens is 2. The lowest BCUT2D eigenvalue weighted by Gasteiger charge is -2.21. The predicted molar refractivity (Wildman–Crippen MR) is 74.2 cm³/mol. The number of carboxylic acids is 1. The van der Waals surface area contributed by atoms with E-state index >= 15 is 0 Å². The molecule has 0 amide bonds. The van der Waals surface area contributed by atoms with E-state index in [2.05, 4.69) is 22.2 Å². The van der Waals surface area contributed by atoms with Gasteiger partial charge in [-0.25, -0.2) is 0 Å². The molecule has 0 unspecified atom stereocenters. The fourth-order valence-corrected chi connectivity index (χ4v) is 1.98. The molecular weight excluding hydrogens is 256 g/mol. The first-order chi connectivity index (χ1) is 9.58. The third kappa shape index (κ3) is 3.24. The van der Waals surface area contributed by atoms with Gasteiger partial charge in [0, 0.05) is 0 Å². The van der Waals surface area contributed by atoms with E-state index in [-0.39, 0.29) is 18.9 Å². The van der Waals surface area contributed by atoms with E-state index in [9.17, 15) is 10.1 Å². The normalized spacial score (nSPS) is 9.60. The molecule has 0 saturated heterocycles. The third-order valence-electron chi connectivity index (χ3n) is 2.85. The van der Waals surface area contributed by atoms with Crippen LogP contribution in [-0.2, 0) is 17.6 Å². The Morgan fingerprint density at radius 1 is 1.40 bits per heavy atom. The molecule has 6 nitrogen and oxygen atoms in total. The van der Waals surface area contributed by atoms with Gasteiger partial charge in [0.05, 0.1) is 12.2 Å². The van der Waals surface area contributed by atoms with Gasteiger partial charge in [-0.05, 0) is 18.4 Å². The van der Waals surface area contributed by atoms with Crippen LogP contribution in [0.1, 0.15) is 30.7 Å². The van der Waals surface area contributed by atoms with Gasteiger partial charge in [-0.1, -0.05) is 19.8 Å². The average Bonchev–Trinajstić information content (AvgIpc) is 2.44. The maximum Gasteiger partial charge on any atom is 0.323 e. The van der Waals surface area contributed by atoms with Crippen LogP contribution in [0.2, 0.25) is 0 Å². The van der Waals surface area contributed by atoms with Crippen LogP contribution in [-0.4, -0.2) is 34.4 Å².